The molecule has 0 spiro atoms. The van der Waals surface area contributed by atoms with Gasteiger partial charge < -0.3 is 15.3 Å². The number of quaternary nitrogens is 1. The molecule has 0 saturated heterocycles. The lowest BCUT2D eigenvalue weighted by molar-refractivity contribution is -0.903. The van der Waals surface area contributed by atoms with Crippen LogP contribution in [-0.4, -0.2) is 43.1 Å². The fourth-order valence-electron chi connectivity index (χ4n) is 3.93. The molecule has 0 unspecified atom stereocenters. The number of nitrogens with one attached hydrogen (secondary N) is 1. The molecule has 1 rings (SSSR count). The van der Waals surface area contributed by atoms with E-state index in [0.29, 0.717) is 6.42 Å². The van der Waals surface area contributed by atoms with Gasteiger partial charge in [-0.2, -0.15) is 0 Å². The molecule has 0 bridgehead atoms. The van der Waals surface area contributed by atoms with Gasteiger partial charge in [-0.05, 0) is 6.42 Å². The van der Waals surface area contributed by atoms with Crippen molar-refractivity contribution in [1.29, 1.82) is 0 Å². The number of unbranched alkanes of at least 4 members (excludes halogenated alkanes) is 10. The molecule has 0 aliphatic rings. The predicted molar refractivity (Wildman–Crippen MR) is 129 cm³/mol. The molecule has 0 aliphatic heterocycles. The fourth-order valence-corrected chi connectivity index (χ4v) is 3.93. The zero-order valence-electron chi connectivity index (χ0n) is 20.1. The highest BCUT2D eigenvalue weighted by Crippen LogP contribution is 2.12. The van der Waals surface area contributed by atoms with E-state index in [1.165, 1.54) is 69.8 Å². The molecule has 1 aromatic carbocycles. The lowest BCUT2D eigenvalue weighted by Crippen LogP contribution is -2.41. The monoisotopic (exact) mass is 421 g/mol. The predicted octanol–water partition coefficient (Wildman–Crippen LogP) is 5.65. The summed E-state index contributed by atoms with van der Waals surface area (Å²) in [5.41, 5.74) is 1.37. The molecule has 30 heavy (non-hydrogen) atoms. The van der Waals surface area contributed by atoms with E-state index in [1.807, 2.05) is 0 Å². The molecule has 3 N–H and O–H groups in total. The van der Waals surface area contributed by atoms with Gasteiger partial charge in [0.25, 0.3) is 0 Å². The molecule has 174 valence electrons. The number of amides is 1. The largest absolute Gasteiger partial charge is 0.412 e. The van der Waals surface area contributed by atoms with Crippen LogP contribution in [0, 0.1) is 0 Å². The van der Waals surface area contributed by atoms with E-state index in [0.717, 1.165) is 37.0 Å². The van der Waals surface area contributed by atoms with Crippen molar-refractivity contribution in [3.63, 3.8) is 0 Å². The Morgan fingerprint density at radius 3 is 1.90 bits per heavy atom. The number of hydrogen-bond donors (Lipinski definition) is 1. The molecule has 0 radical (unpaired) electrons. The van der Waals surface area contributed by atoms with E-state index < -0.39 is 0 Å². The maximum atomic E-state index is 12.0. The van der Waals surface area contributed by atoms with E-state index in [4.69, 9.17) is 0 Å². The number of nitrogens with zero attached hydrogens (tertiary/aromatic N) is 1. The smallest absolute Gasteiger partial charge is 0.219 e. The number of carbonyl (C=O) groups is 1. The lowest BCUT2D eigenvalue weighted by Gasteiger charge is -2.30. The van der Waals surface area contributed by atoms with Gasteiger partial charge in [0, 0.05) is 24.9 Å². The van der Waals surface area contributed by atoms with Crippen LogP contribution in [0.1, 0.15) is 96.0 Å². The third kappa shape index (κ3) is 16.4. The molecule has 0 aromatic heterocycles. The van der Waals surface area contributed by atoms with Crippen LogP contribution in [0.3, 0.4) is 0 Å². The van der Waals surface area contributed by atoms with E-state index in [-0.39, 0.29) is 11.4 Å². The summed E-state index contributed by atoms with van der Waals surface area (Å²) in [6.07, 6.45) is 16.3. The lowest BCUT2D eigenvalue weighted by atomic mass is 10.1. The summed E-state index contributed by atoms with van der Waals surface area (Å²) in [6, 6.07) is 10.6. The minimum absolute atomic E-state index is 0. The molecule has 0 atom stereocenters. The Balaban J connectivity index is 0.00000841. The Kier molecular flexibility index (Phi) is 17.5. The van der Waals surface area contributed by atoms with Gasteiger partial charge in [0.2, 0.25) is 5.91 Å². The Morgan fingerprint density at radius 2 is 1.33 bits per heavy atom. The van der Waals surface area contributed by atoms with E-state index in [2.05, 4.69) is 56.7 Å². The molecule has 0 fully saturated rings. The van der Waals surface area contributed by atoms with Crippen molar-refractivity contribution in [2.45, 2.75) is 96.9 Å². The highest BCUT2D eigenvalue weighted by atomic mass is 16.1. The van der Waals surface area contributed by atoms with E-state index >= 15 is 0 Å². The number of rotatable bonds is 18. The second kappa shape index (κ2) is 18.4. The maximum absolute atomic E-state index is 12.0. The van der Waals surface area contributed by atoms with Gasteiger partial charge in [0.15, 0.2) is 0 Å². The second-order valence-corrected chi connectivity index (χ2v) is 9.29. The molecule has 0 aliphatic carbocycles. The van der Waals surface area contributed by atoms with E-state index in [9.17, 15) is 4.79 Å². The molecule has 1 aromatic rings. The first kappa shape index (κ1) is 28.6. The Labute approximate surface area is 186 Å². The van der Waals surface area contributed by atoms with Crippen molar-refractivity contribution in [2.75, 3.05) is 27.2 Å². The van der Waals surface area contributed by atoms with Gasteiger partial charge in [-0.25, -0.2) is 0 Å². The molecule has 4 heteroatoms. The van der Waals surface area contributed by atoms with Crippen LogP contribution < -0.4 is 5.32 Å². The van der Waals surface area contributed by atoms with Crippen molar-refractivity contribution in [1.82, 2.24) is 5.32 Å². The molecule has 0 saturated carbocycles. The van der Waals surface area contributed by atoms with Crippen LogP contribution in [0.15, 0.2) is 30.3 Å². The third-order valence-corrected chi connectivity index (χ3v) is 5.72. The number of hydrogen-bond acceptors (Lipinski definition) is 1. The minimum atomic E-state index is 0. The molecule has 1 amide bonds. The summed E-state index contributed by atoms with van der Waals surface area (Å²) in [5.74, 6) is 0.231. The first-order chi connectivity index (χ1) is 14.0. The van der Waals surface area contributed by atoms with Crippen LogP contribution in [0.25, 0.3) is 0 Å². The van der Waals surface area contributed by atoms with Gasteiger partial charge >= 0.3 is 0 Å². The zero-order valence-corrected chi connectivity index (χ0v) is 20.1. The van der Waals surface area contributed by atoms with E-state index in [1.54, 1.807) is 0 Å². The van der Waals surface area contributed by atoms with Crippen LogP contribution in [0.2, 0.25) is 0 Å². The molecule has 4 nitrogen and oxygen atoms in total. The molecular formula is C26H49N2O2+. The van der Waals surface area contributed by atoms with Gasteiger partial charge in [0.05, 0.1) is 20.6 Å². The summed E-state index contributed by atoms with van der Waals surface area (Å²) < 4.78 is 0.957. The Morgan fingerprint density at radius 1 is 0.800 bits per heavy atom. The first-order valence-corrected chi connectivity index (χ1v) is 12.2. The SMILES string of the molecule is CCCCCCCCCCCCCC(=O)NCCC[N+](C)(C)Cc1ccccc1.O. The summed E-state index contributed by atoms with van der Waals surface area (Å²) in [4.78, 5) is 12.0. The maximum Gasteiger partial charge on any atom is 0.219 e. The highest BCUT2D eigenvalue weighted by molar-refractivity contribution is 5.75. The molecule has 0 heterocycles. The minimum Gasteiger partial charge on any atom is -0.412 e. The second-order valence-electron chi connectivity index (χ2n) is 9.29. The average molecular weight is 422 g/mol. The van der Waals surface area contributed by atoms with Crippen molar-refractivity contribution in [2.24, 2.45) is 0 Å². The van der Waals surface area contributed by atoms with Crippen LogP contribution in [-0.2, 0) is 11.3 Å². The number of benzene rings is 1. The van der Waals surface area contributed by atoms with Crippen molar-refractivity contribution in [3.05, 3.63) is 35.9 Å². The number of carbonyl (C=O) groups excluding carboxylic acids is 1. The topological polar surface area (TPSA) is 60.6 Å². The van der Waals surface area contributed by atoms with Gasteiger partial charge in [0.1, 0.15) is 6.54 Å². The Hall–Kier alpha value is -1.39. The fraction of sp³-hybridized carbons (Fsp3) is 0.731. The normalized spacial score (nSPS) is 11.2. The summed E-state index contributed by atoms with van der Waals surface area (Å²) in [6.45, 7) is 5.18. The summed E-state index contributed by atoms with van der Waals surface area (Å²) in [7, 11) is 4.53. The van der Waals surface area contributed by atoms with Crippen molar-refractivity contribution in [3.8, 4) is 0 Å². The van der Waals surface area contributed by atoms with Crippen LogP contribution in [0.5, 0.6) is 0 Å². The quantitative estimate of drug-likeness (QED) is 0.242. The molecular weight excluding hydrogens is 372 g/mol. The Bertz CT molecular complexity index is 517. The third-order valence-electron chi connectivity index (χ3n) is 5.72. The van der Waals surface area contributed by atoms with Gasteiger partial charge in [-0.3, -0.25) is 4.79 Å². The highest BCUT2D eigenvalue weighted by Gasteiger charge is 2.15. The first-order valence-electron chi connectivity index (χ1n) is 12.2. The summed E-state index contributed by atoms with van der Waals surface area (Å²) >= 11 is 0. The van der Waals surface area contributed by atoms with Crippen LogP contribution in [0.4, 0.5) is 0 Å². The van der Waals surface area contributed by atoms with Gasteiger partial charge in [-0.15, -0.1) is 0 Å². The standard InChI is InChI=1S/C26H46N2O.H2O/c1-4-5-6-7-8-9-10-11-12-13-17-21-26(29)27-22-18-23-28(2,3)24-25-19-15-14-16-20-25;/h14-16,19-20H,4-13,17-18,21-24H2,1-3H3;1H2/p+1. The zero-order chi connectivity index (χ0) is 21.2. The van der Waals surface area contributed by atoms with Crippen molar-refractivity contribution >= 4 is 5.91 Å². The van der Waals surface area contributed by atoms with Crippen LogP contribution >= 0.6 is 0 Å². The average Bonchev–Trinajstić information content (AvgIpc) is 2.70. The summed E-state index contributed by atoms with van der Waals surface area (Å²) in [5, 5.41) is 3.11. The van der Waals surface area contributed by atoms with Gasteiger partial charge in [-0.1, -0.05) is 101 Å². The van der Waals surface area contributed by atoms with Crippen molar-refractivity contribution < 1.29 is 14.8 Å².